The third-order valence-electron chi connectivity index (χ3n) is 2.20. The first-order valence-electron chi connectivity index (χ1n) is 5.81. The molecule has 114 valence electrons. The van der Waals surface area contributed by atoms with Crippen molar-refractivity contribution in [3.63, 3.8) is 0 Å². The molecular formula is C13H12F4N2OS. The molecule has 0 aliphatic carbocycles. The molecule has 1 aromatic rings. The Kier molecular flexibility index (Phi) is 6.52. The molecule has 3 nitrogen and oxygen atoms in total. The molecule has 0 fully saturated rings. The van der Waals surface area contributed by atoms with E-state index in [9.17, 15) is 22.4 Å². The molecule has 0 spiro atoms. The van der Waals surface area contributed by atoms with E-state index in [0.29, 0.717) is 0 Å². The number of thioether (sulfide) groups is 1. The van der Waals surface area contributed by atoms with Crippen LogP contribution in [0, 0.1) is 17.7 Å². The van der Waals surface area contributed by atoms with Crippen molar-refractivity contribution in [2.45, 2.75) is 5.51 Å². The lowest BCUT2D eigenvalue weighted by atomic mass is 10.1. The van der Waals surface area contributed by atoms with Gasteiger partial charge in [0.2, 0.25) is 0 Å². The Morgan fingerprint density at radius 2 is 2.10 bits per heavy atom. The first-order valence-corrected chi connectivity index (χ1v) is 6.79. The van der Waals surface area contributed by atoms with Crippen molar-refractivity contribution in [2.24, 2.45) is 5.73 Å². The maximum atomic E-state index is 13.2. The molecule has 0 bridgehead atoms. The summed E-state index contributed by atoms with van der Waals surface area (Å²) in [6.45, 7) is -0.121. The highest BCUT2D eigenvalue weighted by Crippen LogP contribution is 2.29. The summed E-state index contributed by atoms with van der Waals surface area (Å²) in [6, 6.07) is 3.43. The van der Waals surface area contributed by atoms with E-state index >= 15 is 0 Å². The van der Waals surface area contributed by atoms with E-state index in [1.807, 2.05) is 0 Å². The fourth-order valence-corrected chi connectivity index (χ4v) is 1.82. The number of rotatable bonds is 4. The highest BCUT2D eigenvalue weighted by atomic mass is 32.2. The number of nitrogens with one attached hydrogen (secondary N) is 1. The summed E-state index contributed by atoms with van der Waals surface area (Å²) < 4.78 is 49.0. The highest BCUT2D eigenvalue weighted by molar-refractivity contribution is 8.00. The van der Waals surface area contributed by atoms with Crippen molar-refractivity contribution in [1.29, 1.82) is 0 Å². The molecule has 0 aliphatic rings. The van der Waals surface area contributed by atoms with Gasteiger partial charge in [0, 0.05) is 17.9 Å². The van der Waals surface area contributed by atoms with E-state index < -0.39 is 17.2 Å². The van der Waals surface area contributed by atoms with Gasteiger partial charge in [0.1, 0.15) is 5.82 Å². The zero-order valence-electron chi connectivity index (χ0n) is 10.8. The lowest BCUT2D eigenvalue weighted by Gasteiger charge is -2.08. The van der Waals surface area contributed by atoms with Crippen LogP contribution in [0.2, 0.25) is 0 Å². The minimum atomic E-state index is -4.35. The predicted octanol–water partition coefficient (Wildman–Crippen LogP) is 2.12. The normalized spacial score (nSPS) is 10.7. The summed E-state index contributed by atoms with van der Waals surface area (Å²) in [7, 11) is 0. The van der Waals surface area contributed by atoms with Gasteiger partial charge in [-0.05, 0) is 30.0 Å². The molecule has 0 radical (unpaired) electrons. The predicted molar refractivity (Wildman–Crippen MR) is 73.2 cm³/mol. The molecule has 1 rings (SSSR count). The number of carbonyl (C=O) groups is 1. The third-order valence-corrected chi connectivity index (χ3v) is 2.94. The molecule has 3 N–H and O–H groups in total. The molecule has 0 heterocycles. The molecule has 0 aliphatic heterocycles. The highest BCUT2D eigenvalue weighted by Gasteiger charge is 2.27. The van der Waals surface area contributed by atoms with Gasteiger partial charge < -0.3 is 11.1 Å². The van der Waals surface area contributed by atoms with Crippen molar-refractivity contribution in [3.8, 4) is 11.8 Å². The van der Waals surface area contributed by atoms with Gasteiger partial charge in [0.05, 0.1) is 12.1 Å². The van der Waals surface area contributed by atoms with Gasteiger partial charge in [-0.15, -0.1) is 0 Å². The van der Waals surface area contributed by atoms with Crippen LogP contribution in [0.15, 0.2) is 18.2 Å². The summed E-state index contributed by atoms with van der Waals surface area (Å²) in [5, 5.41) is 2.29. The van der Waals surface area contributed by atoms with E-state index in [2.05, 4.69) is 17.2 Å². The van der Waals surface area contributed by atoms with Crippen LogP contribution in [-0.4, -0.2) is 30.3 Å². The second-order valence-corrected chi connectivity index (χ2v) is 4.91. The topological polar surface area (TPSA) is 55.1 Å². The van der Waals surface area contributed by atoms with Gasteiger partial charge >= 0.3 is 5.51 Å². The summed E-state index contributed by atoms with van der Waals surface area (Å²) in [4.78, 5) is 11.8. The Morgan fingerprint density at radius 3 is 2.71 bits per heavy atom. The number of hydrogen-bond donors (Lipinski definition) is 2. The first-order chi connectivity index (χ1) is 9.83. The van der Waals surface area contributed by atoms with E-state index in [-0.39, 0.29) is 41.7 Å². The van der Waals surface area contributed by atoms with Gasteiger partial charge in [0.25, 0.3) is 5.91 Å². The van der Waals surface area contributed by atoms with Crippen molar-refractivity contribution in [3.05, 3.63) is 35.1 Å². The number of benzene rings is 1. The molecule has 8 heteroatoms. The summed E-state index contributed by atoms with van der Waals surface area (Å²) >= 11 is -0.241. The fourth-order valence-electron chi connectivity index (χ4n) is 1.39. The van der Waals surface area contributed by atoms with Crippen molar-refractivity contribution in [2.75, 3.05) is 18.8 Å². The molecule has 0 unspecified atom stereocenters. The Morgan fingerprint density at radius 1 is 1.38 bits per heavy atom. The van der Waals surface area contributed by atoms with E-state index in [1.165, 1.54) is 6.07 Å². The van der Waals surface area contributed by atoms with Crippen LogP contribution in [0.25, 0.3) is 0 Å². The van der Waals surface area contributed by atoms with E-state index in [1.54, 1.807) is 0 Å². The quantitative estimate of drug-likeness (QED) is 0.508. The molecule has 0 saturated heterocycles. The summed E-state index contributed by atoms with van der Waals surface area (Å²) in [5.41, 5.74) is 1.10. The maximum absolute atomic E-state index is 13.2. The largest absolute Gasteiger partial charge is 0.441 e. The monoisotopic (exact) mass is 320 g/mol. The van der Waals surface area contributed by atoms with E-state index in [4.69, 9.17) is 5.73 Å². The van der Waals surface area contributed by atoms with Gasteiger partial charge in [-0.25, -0.2) is 4.39 Å². The molecule has 1 aromatic carbocycles. The Labute approximate surface area is 123 Å². The summed E-state index contributed by atoms with van der Waals surface area (Å²) in [5.74, 6) is 3.49. The Bertz CT molecular complexity index is 564. The molecule has 0 aromatic heterocycles. The van der Waals surface area contributed by atoms with Gasteiger partial charge in [-0.3, -0.25) is 4.79 Å². The average molecular weight is 320 g/mol. The van der Waals surface area contributed by atoms with Crippen LogP contribution in [0.4, 0.5) is 17.6 Å². The average Bonchev–Trinajstić information content (AvgIpc) is 2.41. The third kappa shape index (κ3) is 6.51. The van der Waals surface area contributed by atoms with Gasteiger partial charge in [-0.2, -0.15) is 13.2 Å². The second-order valence-electron chi connectivity index (χ2n) is 3.75. The van der Waals surface area contributed by atoms with Crippen LogP contribution in [0.3, 0.4) is 0 Å². The molecule has 21 heavy (non-hydrogen) atoms. The number of halogens is 4. The standard InChI is InChI=1S/C13H12F4N2OS/c14-10-4-3-9(2-1-5-18)11(8-10)12(20)19-6-7-21-13(15,16)17/h3-4,8H,5-7,18H2,(H,19,20). The van der Waals surface area contributed by atoms with Gasteiger partial charge in [-0.1, -0.05) is 11.8 Å². The number of hydrogen-bond acceptors (Lipinski definition) is 3. The van der Waals surface area contributed by atoms with Crippen molar-refractivity contribution < 1.29 is 22.4 Å². The minimum Gasteiger partial charge on any atom is -0.351 e. The zero-order valence-corrected chi connectivity index (χ0v) is 11.6. The lowest BCUT2D eigenvalue weighted by molar-refractivity contribution is -0.0327. The van der Waals surface area contributed by atoms with Crippen LogP contribution >= 0.6 is 11.8 Å². The lowest BCUT2D eigenvalue weighted by Crippen LogP contribution is -2.27. The minimum absolute atomic E-state index is 0.0343. The first kappa shape index (κ1) is 17.3. The Hall–Kier alpha value is -1.72. The molecular weight excluding hydrogens is 308 g/mol. The maximum Gasteiger partial charge on any atom is 0.441 e. The second kappa shape index (κ2) is 7.90. The fraction of sp³-hybridized carbons (Fsp3) is 0.308. The summed E-state index contributed by atoms with van der Waals surface area (Å²) in [6.07, 6.45) is 0. The molecule has 0 atom stereocenters. The molecule has 0 saturated carbocycles. The smallest absolute Gasteiger partial charge is 0.351 e. The number of carbonyl (C=O) groups excluding carboxylic acids is 1. The molecule has 1 amide bonds. The van der Waals surface area contributed by atoms with Gasteiger partial charge in [0.15, 0.2) is 0 Å². The number of amides is 1. The zero-order chi connectivity index (χ0) is 15.9. The van der Waals surface area contributed by atoms with E-state index in [0.717, 1.165) is 12.1 Å². The van der Waals surface area contributed by atoms with Crippen LogP contribution in [-0.2, 0) is 0 Å². The SMILES string of the molecule is NCC#Cc1ccc(F)cc1C(=O)NCCSC(F)(F)F. The van der Waals surface area contributed by atoms with Crippen molar-refractivity contribution >= 4 is 17.7 Å². The number of alkyl halides is 3. The Balaban J connectivity index is 2.71. The van der Waals surface area contributed by atoms with Crippen LogP contribution in [0.1, 0.15) is 15.9 Å². The van der Waals surface area contributed by atoms with Crippen molar-refractivity contribution in [1.82, 2.24) is 5.32 Å². The van der Waals surface area contributed by atoms with Crippen LogP contribution < -0.4 is 11.1 Å². The number of nitrogens with two attached hydrogens (primary N) is 1. The van der Waals surface area contributed by atoms with Crippen LogP contribution in [0.5, 0.6) is 0 Å².